The number of carbonyl (C=O) groups excluding carboxylic acids is 1. The van der Waals surface area contributed by atoms with Crippen LogP contribution in [-0.2, 0) is 0 Å². The molecule has 0 aromatic carbocycles. The van der Waals surface area contributed by atoms with Crippen LogP contribution in [0.25, 0.3) is 0 Å². The molecule has 3 N–H and O–H groups in total. The van der Waals surface area contributed by atoms with Crippen molar-refractivity contribution in [1.29, 1.82) is 0 Å². The quantitative estimate of drug-likeness (QED) is 0.652. The largest absolute Gasteiger partial charge is 0.335 e. The summed E-state index contributed by atoms with van der Waals surface area (Å²) < 4.78 is 0. The maximum atomic E-state index is 11.8. The molecule has 1 fully saturated rings. The molecule has 15 heavy (non-hydrogen) atoms. The fourth-order valence-corrected chi connectivity index (χ4v) is 1.84. The number of hydrogen-bond donors (Lipinski definition) is 2. The zero-order valence-electron chi connectivity index (χ0n) is 8.39. The summed E-state index contributed by atoms with van der Waals surface area (Å²) in [6.07, 6.45) is 2.08. The summed E-state index contributed by atoms with van der Waals surface area (Å²) in [7, 11) is 0. The van der Waals surface area contributed by atoms with Gasteiger partial charge in [-0.15, -0.1) is 10.2 Å². The van der Waals surface area contributed by atoms with Crippen molar-refractivity contribution in [2.45, 2.75) is 12.8 Å². The first-order valence-electron chi connectivity index (χ1n) is 5.04. The maximum absolute atomic E-state index is 11.8. The van der Waals surface area contributed by atoms with Crippen LogP contribution in [0.15, 0.2) is 0 Å². The minimum Gasteiger partial charge on any atom is -0.335 e. The zero-order valence-corrected chi connectivity index (χ0v) is 8.39. The molecule has 0 bridgehead atoms. The molecule has 1 aliphatic rings. The van der Waals surface area contributed by atoms with E-state index in [-0.39, 0.29) is 11.7 Å². The van der Waals surface area contributed by atoms with Crippen LogP contribution >= 0.6 is 0 Å². The second-order valence-corrected chi connectivity index (χ2v) is 3.73. The van der Waals surface area contributed by atoms with Crippen LogP contribution in [-0.4, -0.2) is 51.1 Å². The minimum absolute atomic E-state index is 0.132. The number of likely N-dealkylation sites (tertiary alicyclic amines) is 1. The Morgan fingerprint density at radius 1 is 1.67 bits per heavy atom. The number of piperidine rings is 1. The maximum Gasteiger partial charge on any atom is 0.295 e. The van der Waals surface area contributed by atoms with Gasteiger partial charge in [-0.3, -0.25) is 4.79 Å². The topological polar surface area (TPSA) is 101 Å². The number of H-pyrrole nitrogens is 1. The van der Waals surface area contributed by atoms with Gasteiger partial charge in [0.1, 0.15) is 0 Å². The molecule has 0 saturated carbocycles. The van der Waals surface area contributed by atoms with Gasteiger partial charge in [0.25, 0.3) is 11.7 Å². The van der Waals surface area contributed by atoms with E-state index in [1.807, 2.05) is 0 Å². The van der Waals surface area contributed by atoms with Crippen molar-refractivity contribution in [2.75, 3.05) is 19.6 Å². The first-order chi connectivity index (χ1) is 7.31. The standard InChI is InChI=1S/C8H14N6O/c9-4-6-2-1-3-14(5-6)8(15)7-10-12-13-11-7/h6H,1-5,9H2,(H,10,11,12,13). The first kappa shape index (κ1) is 10.0. The molecule has 0 aliphatic carbocycles. The van der Waals surface area contributed by atoms with E-state index in [0.29, 0.717) is 19.0 Å². The van der Waals surface area contributed by atoms with E-state index in [0.717, 1.165) is 19.4 Å². The number of tetrazole rings is 1. The van der Waals surface area contributed by atoms with Crippen molar-refractivity contribution in [3.8, 4) is 0 Å². The van der Waals surface area contributed by atoms with Crippen LogP contribution in [0.4, 0.5) is 0 Å². The summed E-state index contributed by atoms with van der Waals surface area (Å²) in [6, 6.07) is 0. The number of aromatic amines is 1. The molecule has 82 valence electrons. The second-order valence-electron chi connectivity index (χ2n) is 3.73. The Hall–Kier alpha value is -1.50. The summed E-state index contributed by atoms with van der Waals surface area (Å²) in [5.41, 5.74) is 5.60. The highest BCUT2D eigenvalue weighted by molar-refractivity contribution is 5.90. The molecule has 7 nitrogen and oxygen atoms in total. The Bertz CT molecular complexity index is 324. The molecule has 1 aliphatic heterocycles. The van der Waals surface area contributed by atoms with Crippen LogP contribution in [0.5, 0.6) is 0 Å². The van der Waals surface area contributed by atoms with Crippen molar-refractivity contribution in [3.05, 3.63) is 5.82 Å². The summed E-state index contributed by atoms with van der Waals surface area (Å²) in [4.78, 5) is 13.6. The Morgan fingerprint density at radius 2 is 2.53 bits per heavy atom. The van der Waals surface area contributed by atoms with Crippen molar-refractivity contribution in [1.82, 2.24) is 25.5 Å². The van der Waals surface area contributed by atoms with E-state index < -0.39 is 0 Å². The number of rotatable bonds is 2. The van der Waals surface area contributed by atoms with Gasteiger partial charge in [0.15, 0.2) is 0 Å². The Labute approximate surface area is 87.0 Å². The van der Waals surface area contributed by atoms with E-state index in [2.05, 4.69) is 20.6 Å². The molecular weight excluding hydrogens is 196 g/mol. The third kappa shape index (κ3) is 2.12. The van der Waals surface area contributed by atoms with Gasteiger partial charge in [-0.05, 0) is 30.5 Å². The SMILES string of the molecule is NCC1CCCN(C(=O)c2nn[nH]n2)C1. The van der Waals surface area contributed by atoms with Crippen LogP contribution in [0.2, 0.25) is 0 Å². The zero-order chi connectivity index (χ0) is 10.7. The summed E-state index contributed by atoms with van der Waals surface area (Å²) in [5.74, 6) is 0.365. The van der Waals surface area contributed by atoms with Crippen LogP contribution in [0, 0.1) is 5.92 Å². The number of nitrogens with zero attached hydrogens (tertiary/aromatic N) is 4. The summed E-state index contributed by atoms with van der Waals surface area (Å²) in [5, 5.41) is 13.0. The van der Waals surface area contributed by atoms with E-state index in [4.69, 9.17) is 5.73 Å². The first-order valence-corrected chi connectivity index (χ1v) is 5.04. The fourth-order valence-electron chi connectivity index (χ4n) is 1.84. The highest BCUT2D eigenvalue weighted by Gasteiger charge is 2.25. The van der Waals surface area contributed by atoms with E-state index in [1.165, 1.54) is 0 Å². The average Bonchev–Trinajstić information content (AvgIpc) is 2.81. The summed E-state index contributed by atoms with van der Waals surface area (Å²) in [6.45, 7) is 2.07. The number of nitrogens with one attached hydrogen (secondary N) is 1. The third-order valence-electron chi connectivity index (χ3n) is 2.68. The lowest BCUT2D eigenvalue weighted by Crippen LogP contribution is -2.42. The number of amides is 1. The number of carbonyl (C=O) groups is 1. The number of aromatic nitrogens is 4. The minimum atomic E-state index is -0.165. The van der Waals surface area contributed by atoms with Crippen molar-refractivity contribution in [2.24, 2.45) is 11.7 Å². The fraction of sp³-hybridized carbons (Fsp3) is 0.750. The lowest BCUT2D eigenvalue weighted by atomic mass is 9.98. The normalized spacial score (nSPS) is 21.7. The second kappa shape index (κ2) is 4.35. The third-order valence-corrected chi connectivity index (χ3v) is 2.68. The lowest BCUT2D eigenvalue weighted by Gasteiger charge is -2.31. The monoisotopic (exact) mass is 210 g/mol. The molecule has 1 aromatic heterocycles. The molecule has 2 rings (SSSR count). The molecule has 1 saturated heterocycles. The summed E-state index contributed by atoms with van der Waals surface area (Å²) >= 11 is 0. The molecule has 1 atom stereocenters. The predicted octanol–water partition coefficient (Wildman–Crippen LogP) is -0.989. The molecule has 7 heteroatoms. The van der Waals surface area contributed by atoms with Gasteiger partial charge in [-0.2, -0.15) is 5.21 Å². The van der Waals surface area contributed by atoms with E-state index >= 15 is 0 Å². The van der Waals surface area contributed by atoms with Crippen molar-refractivity contribution >= 4 is 5.91 Å². The van der Waals surface area contributed by atoms with Crippen molar-refractivity contribution in [3.63, 3.8) is 0 Å². The average molecular weight is 210 g/mol. The molecule has 1 aromatic rings. The van der Waals surface area contributed by atoms with Gasteiger partial charge in [0.2, 0.25) is 0 Å². The van der Waals surface area contributed by atoms with Crippen LogP contribution in [0.3, 0.4) is 0 Å². The van der Waals surface area contributed by atoms with E-state index in [1.54, 1.807) is 4.90 Å². The van der Waals surface area contributed by atoms with Crippen molar-refractivity contribution < 1.29 is 4.79 Å². The Morgan fingerprint density at radius 3 is 3.20 bits per heavy atom. The predicted molar refractivity (Wildman–Crippen MR) is 51.9 cm³/mol. The number of hydrogen-bond acceptors (Lipinski definition) is 5. The van der Waals surface area contributed by atoms with Gasteiger partial charge in [0, 0.05) is 13.1 Å². The van der Waals surface area contributed by atoms with Gasteiger partial charge in [0.05, 0.1) is 0 Å². The smallest absolute Gasteiger partial charge is 0.295 e. The molecular formula is C8H14N6O. The number of nitrogens with two attached hydrogens (primary N) is 1. The molecule has 0 spiro atoms. The highest BCUT2D eigenvalue weighted by Crippen LogP contribution is 2.16. The van der Waals surface area contributed by atoms with Gasteiger partial charge in [-0.1, -0.05) is 0 Å². The van der Waals surface area contributed by atoms with Gasteiger partial charge in [-0.25, -0.2) is 0 Å². The highest BCUT2D eigenvalue weighted by atomic mass is 16.2. The van der Waals surface area contributed by atoms with Crippen LogP contribution in [0.1, 0.15) is 23.5 Å². The Kier molecular flexibility index (Phi) is 2.91. The lowest BCUT2D eigenvalue weighted by molar-refractivity contribution is 0.0666. The molecule has 1 amide bonds. The molecule has 1 unspecified atom stereocenters. The van der Waals surface area contributed by atoms with E-state index in [9.17, 15) is 4.79 Å². The van der Waals surface area contributed by atoms with Gasteiger partial charge < -0.3 is 10.6 Å². The molecule has 2 heterocycles. The van der Waals surface area contributed by atoms with Crippen LogP contribution < -0.4 is 5.73 Å². The van der Waals surface area contributed by atoms with Gasteiger partial charge >= 0.3 is 0 Å². The molecule has 0 radical (unpaired) electrons. The Balaban J connectivity index is 2.01.